The summed E-state index contributed by atoms with van der Waals surface area (Å²) in [6.45, 7) is 3.65. The van der Waals surface area contributed by atoms with Gasteiger partial charge < -0.3 is 20.3 Å². The molecule has 1 aromatic rings. The van der Waals surface area contributed by atoms with Crippen LogP contribution in [0.15, 0.2) is 18.2 Å². The Morgan fingerprint density at radius 3 is 2.65 bits per heavy atom. The number of rotatable bonds is 3. The maximum atomic E-state index is 11.0. The second kappa shape index (κ2) is 3.92. The third-order valence-corrected chi connectivity index (χ3v) is 2.62. The predicted molar refractivity (Wildman–Crippen MR) is 61.2 cm³/mol. The molecule has 1 aliphatic heterocycles. The van der Waals surface area contributed by atoms with E-state index in [1.807, 2.05) is 0 Å². The minimum absolute atomic E-state index is 0.0539. The minimum Gasteiger partial charge on any atom is -0.481 e. The molecule has 0 aromatic heterocycles. The Kier molecular flexibility index (Phi) is 2.71. The van der Waals surface area contributed by atoms with Crippen LogP contribution in [-0.4, -0.2) is 23.4 Å². The molecule has 0 saturated carbocycles. The number of benzene rings is 1. The van der Waals surface area contributed by atoms with E-state index in [2.05, 4.69) is 0 Å². The predicted octanol–water partition coefficient (Wildman–Crippen LogP) is 1.32. The molecule has 0 fully saturated rings. The molecule has 3 N–H and O–H groups in total. The standard InChI is InChI=1S/C12H15NO4/c1-12(2)16-9-4-3-7(5-10(9)17-12)8(6-13)11(14)15/h3-5,8H,6,13H2,1-2H3,(H,14,15). The Balaban J connectivity index is 2.33. The van der Waals surface area contributed by atoms with Crippen molar-refractivity contribution in [3.8, 4) is 11.5 Å². The van der Waals surface area contributed by atoms with Crippen molar-refractivity contribution in [3.63, 3.8) is 0 Å². The lowest BCUT2D eigenvalue weighted by Gasteiger charge is -2.16. The third-order valence-electron chi connectivity index (χ3n) is 2.62. The largest absolute Gasteiger partial charge is 0.481 e. The zero-order chi connectivity index (χ0) is 12.6. The number of carboxylic acids is 1. The molecular weight excluding hydrogens is 222 g/mol. The van der Waals surface area contributed by atoms with E-state index in [0.717, 1.165) is 0 Å². The van der Waals surface area contributed by atoms with Crippen LogP contribution >= 0.6 is 0 Å². The summed E-state index contributed by atoms with van der Waals surface area (Å²) >= 11 is 0. The number of nitrogens with two attached hydrogens (primary N) is 1. The molecule has 1 heterocycles. The molecule has 0 aliphatic carbocycles. The monoisotopic (exact) mass is 237 g/mol. The number of carbonyl (C=O) groups is 1. The van der Waals surface area contributed by atoms with Crippen molar-refractivity contribution in [2.75, 3.05) is 6.54 Å². The van der Waals surface area contributed by atoms with E-state index >= 15 is 0 Å². The molecule has 0 spiro atoms. The zero-order valence-electron chi connectivity index (χ0n) is 9.77. The van der Waals surface area contributed by atoms with Crippen molar-refractivity contribution in [1.29, 1.82) is 0 Å². The smallest absolute Gasteiger partial charge is 0.312 e. The number of ether oxygens (including phenoxy) is 2. The molecule has 5 heteroatoms. The zero-order valence-corrected chi connectivity index (χ0v) is 9.77. The van der Waals surface area contributed by atoms with Gasteiger partial charge in [0.05, 0.1) is 5.92 Å². The van der Waals surface area contributed by atoms with E-state index in [4.69, 9.17) is 20.3 Å². The summed E-state index contributed by atoms with van der Waals surface area (Å²) in [6.07, 6.45) is 0. The van der Waals surface area contributed by atoms with Gasteiger partial charge in [-0.05, 0) is 17.7 Å². The van der Waals surface area contributed by atoms with Crippen LogP contribution in [0.5, 0.6) is 11.5 Å². The van der Waals surface area contributed by atoms with E-state index < -0.39 is 17.7 Å². The van der Waals surface area contributed by atoms with E-state index in [-0.39, 0.29) is 6.54 Å². The molecule has 0 radical (unpaired) electrons. The van der Waals surface area contributed by atoms with Crippen LogP contribution in [0.1, 0.15) is 25.3 Å². The summed E-state index contributed by atoms with van der Waals surface area (Å²) in [5.41, 5.74) is 6.08. The molecule has 1 unspecified atom stereocenters. The molecule has 5 nitrogen and oxygen atoms in total. The lowest BCUT2D eigenvalue weighted by molar-refractivity contribution is -0.138. The first-order valence-electron chi connectivity index (χ1n) is 5.38. The molecule has 17 heavy (non-hydrogen) atoms. The van der Waals surface area contributed by atoms with Gasteiger partial charge in [0.1, 0.15) is 0 Å². The minimum atomic E-state index is -0.939. The van der Waals surface area contributed by atoms with E-state index in [0.29, 0.717) is 17.1 Å². The lowest BCUT2D eigenvalue weighted by Crippen LogP contribution is -2.29. The Morgan fingerprint density at radius 1 is 1.41 bits per heavy atom. The highest BCUT2D eigenvalue weighted by atomic mass is 16.7. The summed E-state index contributed by atoms with van der Waals surface area (Å²) < 4.78 is 11.1. The third kappa shape index (κ3) is 2.19. The van der Waals surface area contributed by atoms with Crippen LogP contribution in [0.4, 0.5) is 0 Å². The first kappa shape index (κ1) is 11.7. The number of fused-ring (bicyclic) bond motifs is 1. The van der Waals surface area contributed by atoms with E-state index in [9.17, 15) is 4.79 Å². The molecule has 1 aliphatic rings. The Morgan fingerprint density at radius 2 is 2.06 bits per heavy atom. The molecule has 0 amide bonds. The first-order chi connectivity index (χ1) is 7.93. The number of hydrogen-bond donors (Lipinski definition) is 2. The molecule has 1 atom stereocenters. The van der Waals surface area contributed by atoms with Gasteiger partial charge in [0.15, 0.2) is 11.5 Å². The van der Waals surface area contributed by atoms with E-state index in [1.54, 1.807) is 32.0 Å². The summed E-state index contributed by atoms with van der Waals surface area (Å²) in [5.74, 6) is -1.17. The molecular formula is C12H15NO4. The van der Waals surface area contributed by atoms with Gasteiger partial charge in [-0.15, -0.1) is 0 Å². The summed E-state index contributed by atoms with van der Waals surface area (Å²) in [6, 6.07) is 5.09. The van der Waals surface area contributed by atoms with Crippen LogP contribution in [0.25, 0.3) is 0 Å². The van der Waals surface area contributed by atoms with Crippen LogP contribution < -0.4 is 15.2 Å². The Bertz CT molecular complexity index is 456. The average molecular weight is 237 g/mol. The molecule has 2 rings (SSSR count). The van der Waals surface area contributed by atoms with Crippen molar-refractivity contribution < 1.29 is 19.4 Å². The SMILES string of the molecule is CC1(C)Oc2ccc(C(CN)C(=O)O)cc2O1. The van der Waals surface area contributed by atoms with Crippen molar-refractivity contribution in [2.24, 2.45) is 5.73 Å². The first-order valence-corrected chi connectivity index (χ1v) is 5.38. The molecule has 92 valence electrons. The van der Waals surface area contributed by atoms with Gasteiger partial charge in [-0.25, -0.2) is 0 Å². The highest BCUT2D eigenvalue weighted by Gasteiger charge is 2.32. The fraction of sp³-hybridized carbons (Fsp3) is 0.417. The summed E-state index contributed by atoms with van der Waals surface area (Å²) in [7, 11) is 0. The average Bonchev–Trinajstić information content (AvgIpc) is 2.51. The van der Waals surface area contributed by atoms with E-state index in [1.165, 1.54) is 0 Å². The Hall–Kier alpha value is -1.75. The maximum absolute atomic E-state index is 11.0. The quantitative estimate of drug-likeness (QED) is 0.828. The van der Waals surface area contributed by atoms with Gasteiger partial charge in [-0.3, -0.25) is 4.79 Å². The van der Waals surface area contributed by atoms with Crippen molar-refractivity contribution >= 4 is 5.97 Å². The van der Waals surface area contributed by atoms with Crippen LogP contribution in [0.3, 0.4) is 0 Å². The van der Waals surface area contributed by atoms with Gasteiger partial charge in [-0.1, -0.05) is 6.07 Å². The summed E-state index contributed by atoms with van der Waals surface area (Å²) in [5, 5.41) is 9.03. The molecule has 1 aromatic carbocycles. The number of aliphatic carboxylic acids is 1. The van der Waals surface area contributed by atoms with Crippen LogP contribution in [0.2, 0.25) is 0 Å². The lowest BCUT2D eigenvalue weighted by atomic mass is 9.99. The van der Waals surface area contributed by atoms with Crippen molar-refractivity contribution in [3.05, 3.63) is 23.8 Å². The number of carboxylic acid groups (broad SMARTS) is 1. The van der Waals surface area contributed by atoms with Crippen LogP contribution in [-0.2, 0) is 4.79 Å². The normalized spacial score (nSPS) is 17.8. The summed E-state index contributed by atoms with van der Waals surface area (Å²) in [4.78, 5) is 11.0. The molecule has 0 bridgehead atoms. The van der Waals surface area contributed by atoms with Gasteiger partial charge in [0, 0.05) is 20.4 Å². The van der Waals surface area contributed by atoms with Crippen molar-refractivity contribution in [1.82, 2.24) is 0 Å². The van der Waals surface area contributed by atoms with Gasteiger partial charge >= 0.3 is 5.97 Å². The topological polar surface area (TPSA) is 81.8 Å². The number of hydrogen-bond acceptors (Lipinski definition) is 4. The second-order valence-corrected chi connectivity index (χ2v) is 4.44. The fourth-order valence-electron chi connectivity index (χ4n) is 1.84. The second-order valence-electron chi connectivity index (χ2n) is 4.44. The van der Waals surface area contributed by atoms with Crippen LogP contribution in [0, 0.1) is 0 Å². The van der Waals surface area contributed by atoms with Gasteiger partial charge in [0.25, 0.3) is 0 Å². The maximum Gasteiger partial charge on any atom is 0.312 e. The van der Waals surface area contributed by atoms with Crippen molar-refractivity contribution in [2.45, 2.75) is 25.6 Å². The molecule has 0 saturated heterocycles. The Labute approximate surface area is 99.1 Å². The van der Waals surface area contributed by atoms with Gasteiger partial charge in [-0.2, -0.15) is 0 Å². The highest BCUT2D eigenvalue weighted by molar-refractivity contribution is 5.76. The highest BCUT2D eigenvalue weighted by Crippen LogP contribution is 2.40. The van der Waals surface area contributed by atoms with Gasteiger partial charge in [0.2, 0.25) is 5.79 Å². The fourth-order valence-corrected chi connectivity index (χ4v) is 1.84.